The molecule has 6 nitrogen and oxygen atoms in total. The average Bonchev–Trinajstić information content (AvgIpc) is 2.47. The molecule has 1 aliphatic heterocycles. The van der Waals surface area contributed by atoms with Crippen LogP contribution in [0.5, 0.6) is 0 Å². The number of esters is 1. The highest BCUT2D eigenvalue weighted by atomic mass is 16.5. The monoisotopic (exact) mass is 291 g/mol. The van der Waals surface area contributed by atoms with Crippen LogP contribution in [0.4, 0.5) is 0 Å². The molecule has 1 aromatic rings. The van der Waals surface area contributed by atoms with Gasteiger partial charge in [0.05, 0.1) is 23.8 Å². The number of amides is 1. The Morgan fingerprint density at radius 1 is 1.33 bits per heavy atom. The number of carbonyl (C=O) groups excluding carboxylic acids is 2. The molecule has 0 aromatic carbocycles. The molecule has 1 aliphatic rings. The van der Waals surface area contributed by atoms with Crippen molar-refractivity contribution in [2.75, 3.05) is 19.7 Å². The minimum Gasteiger partial charge on any atom is -0.466 e. The predicted molar refractivity (Wildman–Crippen MR) is 76.8 cm³/mol. The lowest BCUT2D eigenvalue weighted by atomic mass is 9.96. The molecule has 1 fully saturated rings. The van der Waals surface area contributed by atoms with Gasteiger partial charge in [0.1, 0.15) is 5.82 Å². The number of piperidine rings is 1. The molecule has 114 valence electrons. The zero-order valence-electron chi connectivity index (χ0n) is 12.8. The number of hydrogen-bond donors (Lipinski definition) is 0. The number of carbonyl (C=O) groups is 2. The first kappa shape index (κ1) is 15.4. The van der Waals surface area contributed by atoms with Gasteiger partial charge in [0.15, 0.2) is 0 Å². The van der Waals surface area contributed by atoms with Crippen LogP contribution in [-0.4, -0.2) is 46.4 Å². The molecule has 2 rings (SSSR count). The van der Waals surface area contributed by atoms with Gasteiger partial charge in [-0.3, -0.25) is 9.59 Å². The summed E-state index contributed by atoms with van der Waals surface area (Å²) in [5.74, 6) is 0.351. The van der Waals surface area contributed by atoms with E-state index < -0.39 is 0 Å². The minimum absolute atomic E-state index is 0.0604. The molecular weight excluding hydrogens is 270 g/mol. The molecule has 1 amide bonds. The molecule has 1 saturated heterocycles. The Morgan fingerprint density at radius 2 is 2.00 bits per heavy atom. The van der Waals surface area contributed by atoms with E-state index in [-0.39, 0.29) is 17.8 Å². The van der Waals surface area contributed by atoms with E-state index in [9.17, 15) is 9.59 Å². The van der Waals surface area contributed by atoms with E-state index in [0.29, 0.717) is 49.6 Å². The average molecular weight is 291 g/mol. The highest BCUT2D eigenvalue weighted by molar-refractivity contribution is 5.95. The molecule has 6 heteroatoms. The zero-order valence-corrected chi connectivity index (χ0v) is 12.8. The summed E-state index contributed by atoms with van der Waals surface area (Å²) in [5.41, 5.74) is 1.23. The highest BCUT2D eigenvalue weighted by Gasteiger charge is 2.29. The maximum absolute atomic E-state index is 12.5. The van der Waals surface area contributed by atoms with Crippen LogP contribution in [0.25, 0.3) is 0 Å². The van der Waals surface area contributed by atoms with E-state index in [1.54, 1.807) is 24.9 Å². The number of likely N-dealkylation sites (tertiary alicyclic amines) is 1. The van der Waals surface area contributed by atoms with Crippen molar-refractivity contribution in [1.29, 1.82) is 0 Å². The Hall–Kier alpha value is -1.98. The van der Waals surface area contributed by atoms with Crippen LogP contribution in [0.2, 0.25) is 0 Å². The molecule has 0 saturated carbocycles. The molecular formula is C15H21N3O3. The van der Waals surface area contributed by atoms with E-state index in [1.165, 1.54) is 0 Å². The van der Waals surface area contributed by atoms with Gasteiger partial charge in [0.25, 0.3) is 5.91 Å². The van der Waals surface area contributed by atoms with Gasteiger partial charge in [-0.25, -0.2) is 9.97 Å². The summed E-state index contributed by atoms with van der Waals surface area (Å²) in [6.45, 7) is 6.94. The fourth-order valence-corrected chi connectivity index (χ4v) is 2.54. The van der Waals surface area contributed by atoms with Gasteiger partial charge >= 0.3 is 5.97 Å². The molecule has 2 heterocycles. The molecule has 1 aromatic heterocycles. The number of rotatable bonds is 3. The lowest BCUT2D eigenvalue weighted by molar-refractivity contribution is -0.149. The Bertz CT molecular complexity index is 537. The van der Waals surface area contributed by atoms with Crippen molar-refractivity contribution >= 4 is 11.9 Å². The molecule has 0 unspecified atom stereocenters. The van der Waals surface area contributed by atoms with Crippen molar-refractivity contribution < 1.29 is 14.3 Å². The summed E-state index contributed by atoms with van der Waals surface area (Å²) < 4.78 is 5.03. The lowest BCUT2D eigenvalue weighted by Gasteiger charge is -2.31. The summed E-state index contributed by atoms with van der Waals surface area (Å²) in [4.78, 5) is 34.2. The molecule has 0 N–H and O–H groups in total. The van der Waals surface area contributed by atoms with Gasteiger partial charge in [0.2, 0.25) is 0 Å². The SMILES string of the molecule is CCOC(=O)C1CCN(C(=O)c2cnc(C)nc2C)CC1. The standard InChI is InChI=1S/C15H21N3O3/c1-4-21-15(20)12-5-7-18(8-6-12)14(19)13-9-16-11(3)17-10(13)2/h9,12H,4-8H2,1-3H3. The summed E-state index contributed by atoms with van der Waals surface area (Å²) in [7, 11) is 0. The van der Waals surface area contributed by atoms with Crippen molar-refractivity contribution in [2.24, 2.45) is 5.92 Å². The number of hydrogen-bond acceptors (Lipinski definition) is 5. The fraction of sp³-hybridized carbons (Fsp3) is 0.600. The van der Waals surface area contributed by atoms with Gasteiger partial charge in [0, 0.05) is 19.3 Å². The van der Waals surface area contributed by atoms with Gasteiger partial charge in [-0.2, -0.15) is 0 Å². The number of aromatic nitrogens is 2. The third-order valence-electron chi connectivity index (χ3n) is 3.73. The number of nitrogens with zero attached hydrogens (tertiary/aromatic N) is 3. The summed E-state index contributed by atoms with van der Waals surface area (Å²) >= 11 is 0. The Morgan fingerprint density at radius 3 is 2.57 bits per heavy atom. The van der Waals surface area contributed by atoms with Crippen LogP contribution in [0.1, 0.15) is 41.6 Å². The second kappa shape index (κ2) is 6.65. The van der Waals surface area contributed by atoms with Crippen LogP contribution in [-0.2, 0) is 9.53 Å². The maximum Gasteiger partial charge on any atom is 0.309 e. The van der Waals surface area contributed by atoms with Crippen LogP contribution in [0.3, 0.4) is 0 Å². The molecule has 0 spiro atoms. The topological polar surface area (TPSA) is 72.4 Å². The van der Waals surface area contributed by atoms with Crippen LogP contribution >= 0.6 is 0 Å². The molecule has 21 heavy (non-hydrogen) atoms. The molecule has 0 atom stereocenters. The smallest absolute Gasteiger partial charge is 0.309 e. The van der Waals surface area contributed by atoms with Crippen molar-refractivity contribution in [3.8, 4) is 0 Å². The van der Waals surface area contributed by atoms with Crippen LogP contribution in [0, 0.1) is 19.8 Å². The van der Waals surface area contributed by atoms with Crippen molar-refractivity contribution in [3.05, 3.63) is 23.3 Å². The lowest BCUT2D eigenvalue weighted by Crippen LogP contribution is -2.41. The Labute approximate surface area is 124 Å². The van der Waals surface area contributed by atoms with Crippen molar-refractivity contribution in [3.63, 3.8) is 0 Å². The first-order valence-corrected chi connectivity index (χ1v) is 7.29. The Kier molecular flexibility index (Phi) is 4.88. The fourth-order valence-electron chi connectivity index (χ4n) is 2.54. The zero-order chi connectivity index (χ0) is 15.4. The third kappa shape index (κ3) is 3.56. The predicted octanol–water partition coefficient (Wildman–Crippen LogP) is 1.51. The third-order valence-corrected chi connectivity index (χ3v) is 3.73. The van der Waals surface area contributed by atoms with E-state index >= 15 is 0 Å². The minimum atomic E-state index is -0.153. The largest absolute Gasteiger partial charge is 0.466 e. The summed E-state index contributed by atoms with van der Waals surface area (Å²) in [6, 6.07) is 0. The molecule has 0 radical (unpaired) electrons. The first-order chi connectivity index (χ1) is 10.0. The van der Waals surface area contributed by atoms with Crippen LogP contribution < -0.4 is 0 Å². The molecule has 0 aliphatic carbocycles. The second-order valence-corrected chi connectivity index (χ2v) is 5.23. The maximum atomic E-state index is 12.5. The highest BCUT2D eigenvalue weighted by Crippen LogP contribution is 2.20. The van der Waals surface area contributed by atoms with Gasteiger partial charge in [-0.05, 0) is 33.6 Å². The van der Waals surface area contributed by atoms with E-state index in [0.717, 1.165) is 0 Å². The number of aryl methyl sites for hydroxylation is 2. The second-order valence-electron chi connectivity index (χ2n) is 5.23. The van der Waals surface area contributed by atoms with E-state index in [2.05, 4.69) is 9.97 Å². The quantitative estimate of drug-likeness (QED) is 0.789. The van der Waals surface area contributed by atoms with E-state index in [1.807, 2.05) is 6.92 Å². The van der Waals surface area contributed by atoms with Crippen molar-refractivity contribution in [2.45, 2.75) is 33.6 Å². The van der Waals surface area contributed by atoms with Crippen LogP contribution in [0.15, 0.2) is 6.20 Å². The van der Waals surface area contributed by atoms with Gasteiger partial charge in [-0.15, -0.1) is 0 Å². The molecule has 0 bridgehead atoms. The van der Waals surface area contributed by atoms with E-state index in [4.69, 9.17) is 4.74 Å². The summed E-state index contributed by atoms with van der Waals surface area (Å²) in [5, 5.41) is 0. The van der Waals surface area contributed by atoms with Gasteiger partial charge in [-0.1, -0.05) is 0 Å². The van der Waals surface area contributed by atoms with Crippen molar-refractivity contribution in [1.82, 2.24) is 14.9 Å². The number of ether oxygens (including phenoxy) is 1. The normalized spacial score (nSPS) is 15.9. The summed E-state index contributed by atoms with van der Waals surface area (Å²) in [6.07, 6.45) is 2.88. The first-order valence-electron chi connectivity index (χ1n) is 7.29. The Balaban J connectivity index is 1.98. The van der Waals surface area contributed by atoms with Gasteiger partial charge < -0.3 is 9.64 Å².